The van der Waals surface area contributed by atoms with E-state index >= 15 is 0 Å². The van der Waals surface area contributed by atoms with E-state index in [9.17, 15) is 4.57 Å². The fraction of sp³-hybridized carbons (Fsp3) is 0.400. The van der Waals surface area contributed by atoms with Crippen LogP contribution in [-0.2, 0) is 24.0 Å². The van der Waals surface area contributed by atoms with Crippen LogP contribution in [0, 0.1) is 0 Å². The van der Waals surface area contributed by atoms with Crippen LogP contribution in [-0.4, -0.2) is 18.6 Å². The molecule has 1 aliphatic heterocycles. The fourth-order valence-electron chi connectivity index (χ4n) is 3.66. The van der Waals surface area contributed by atoms with Crippen molar-refractivity contribution in [1.82, 2.24) is 0 Å². The van der Waals surface area contributed by atoms with Crippen LogP contribution in [0.4, 0.5) is 0 Å². The smallest absolute Gasteiger partial charge is 0.339 e. The Morgan fingerprint density at radius 2 is 1.28 bits per heavy atom. The molecule has 0 spiro atoms. The SMILES string of the molecule is CCOP(=O)(OCC)C1(CC)OC1(c1ccccc1)c1ccccc1. The van der Waals surface area contributed by atoms with Gasteiger partial charge in [0.15, 0.2) is 5.60 Å². The maximum atomic E-state index is 13.7. The van der Waals surface area contributed by atoms with Crippen molar-refractivity contribution in [2.45, 2.75) is 38.1 Å². The molecule has 25 heavy (non-hydrogen) atoms. The Labute approximate surface area is 149 Å². The first kappa shape index (κ1) is 18.3. The summed E-state index contributed by atoms with van der Waals surface area (Å²) in [5, 5.41) is -1.02. The first-order chi connectivity index (χ1) is 12.1. The summed E-state index contributed by atoms with van der Waals surface area (Å²) in [5.74, 6) is 0. The van der Waals surface area contributed by atoms with Crippen molar-refractivity contribution in [2.24, 2.45) is 0 Å². The molecule has 0 aromatic heterocycles. The van der Waals surface area contributed by atoms with E-state index < -0.39 is 18.5 Å². The molecule has 0 radical (unpaired) electrons. The lowest BCUT2D eigenvalue weighted by molar-refractivity contribution is 0.185. The van der Waals surface area contributed by atoms with Gasteiger partial charge in [-0.25, -0.2) is 0 Å². The van der Waals surface area contributed by atoms with E-state index in [1.165, 1.54) is 0 Å². The molecular weight excluding hydrogens is 335 g/mol. The summed E-state index contributed by atoms with van der Waals surface area (Å²) in [6.07, 6.45) is 0.522. The largest absolute Gasteiger partial charge is 0.365 e. The van der Waals surface area contributed by atoms with Gasteiger partial charge < -0.3 is 13.8 Å². The van der Waals surface area contributed by atoms with E-state index in [-0.39, 0.29) is 0 Å². The lowest BCUT2D eigenvalue weighted by Crippen LogP contribution is -2.27. The van der Waals surface area contributed by atoms with E-state index in [1.807, 2.05) is 81.4 Å². The van der Waals surface area contributed by atoms with E-state index in [1.54, 1.807) is 0 Å². The Balaban J connectivity index is 2.20. The van der Waals surface area contributed by atoms with Crippen LogP contribution in [0.3, 0.4) is 0 Å². The van der Waals surface area contributed by atoms with Gasteiger partial charge in [0.1, 0.15) is 0 Å². The van der Waals surface area contributed by atoms with Gasteiger partial charge in [0, 0.05) is 0 Å². The van der Waals surface area contributed by atoms with Crippen molar-refractivity contribution in [1.29, 1.82) is 0 Å². The molecule has 3 rings (SSSR count). The Bertz CT molecular complexity index is 697. The standard InChI is InChI=1S/C20H25O4P/c1-4-19(25(21,22-5-2)23-6-3)20(24-19,17-13-9-7-10-14-17)18-15-11-8-12-16-18/h7-16H,4-6H2,1-3H3. The summed E-state index contributed by atoms with van der Waals surface area (Å²) < 4.78 is 31.5. The van der Waals surface area contributed by atoms with Crippen molar-refractivity contribution in [3.63, 3.8) is 0 Å². The molecule has 1 unspecified atom stereocenters. The second kappa shape index (κ2) is 7.05. The summed E-state index contributed by atoms with van der Waals surface area (Å²) in [6.45, 7) is 6.23. The van der Waals surface area contributed by atoms with Crippen LogP contribution in [0.5, 0.6) is 0 Å². The van der Waals surface area contributed by atoms with Crippen LogP contribution in [0.1, 0.15) is 38.3 Å². The zero-order valence-electron chi connectivity index (χ0n) is 15.0. The molecule has 1 aliphatic rings. The monoisotopic (exact) mass is 360 g/mol. The van der Waals surface area contributed by atoms with Crippen LogP contribution >= 0.6 is 7.60 Å². The molecule has 2 aromatic rings. The number of hydrogen-bond acceptors (Lipinski definition) is 4. The molecular formula is C20H25O4P. The molecule has 0 bridgehead atoms. The van der Waals surface area contributed by atoms with Crippen LogP contribution < -0.4 is 0 Å². The van der Waals surface area contributed by atoms with Crippen LogP contribution in [0.2, 0.25) is 0 Å². The normalized spacial score (nSPS) is 21.9. The fourth-order valence-corrected chi connectivity index (χ4v) is 6.11. The molecule has 4 nitrogen and oxygen atoms in total. The number of rotatable bonds is 8. The topological polar surface area (TPSA) is 48.1 Å². The molecule has 134 valence electrons. The highest BCUT2D eigenvalue weighted by atomic mass is 31.2. The number of hydrogen-bond donors (Lipinski definition) is 0. The first-order valence-electron chi connectivity index (χ1n) is 8.80. The third kappa shape index (κ3) is 2.69. The van der Waals surface area contributed by atoms with Gasteiger partial charge in [0.2, 0.25) is 5.34 Å². The second-order valence-electron chi connectivity index (χ2n) is 5.99. The third-order valence-corrected chi connectivity index (χ3v) is 7.51. The minimum Gasteiger partial charge on any atom is -0.339 e. The van der Waals surface area contributed by atoms with Crippen LogP contribution in [0.25, 0.3) is 0 Å². The molecule has 1 heterocycles. The molecule has 0 aliphatic carbocycles. The predicted molar refractivity (Wildman–Crippen MR) is 98.6 cm³/mol. The molecule has 1 atom stereocenters. The lowest BCUT2D eigenvalue weighted by atomic mass is 9.86. The van der Waals surface area contributed by atoms with Crippen molar-refractivity contribution in [3.8, 4) is 0 Å². The predicted octanol–water partition coefficient (Wildman–Crippen LogP) is 5.33. The van der Waals surface area contributed by atoms with E-state index in [2.05, 4.69) is 0 Å². The van der Waals surface area contributed by atoms with Crippen molar-refractivity contribution in [2.75, 3.05) is 13.2 Å². The maximum Gasteiger partial charge on any atom is 0.365 e. The summed E-state index contributed by atoms with van der Waals surface area (Å²) >= 11 is 0. The molecule has 1 saturated heterocycles. The Morgan fingerprint density at radius 3 is 1.64 bits per heavy atom. The van der Waals surface area contributed by atoms with E-state index in [0.29, 0.717) is 19.6 Å². The minimum absolute atomic E-state index is 0.308. The van der Waals surface area contributed by atoms with Gasteiger partial charge in [-0.15, -0.1) is 0 Å². The van der Waals surface area contributed by atoms with Gasteiger partial charge in [0.25, 0.3) is 0 Å². The summed E-state index contributed by atoms with van der Waals surface area (Å²) in [5.41, 5.74) is 1.09. The molecule has 2 aromatic carbocycles. The Morgan fingerprint density at radius 1 is 0.840 bits per heavy atom. The van der Waals surface area contributed by atoms with Crippen LogP contribution in [0.15, 0.2) is 60.7 Å². The zero-order valence-corrected chi connectivity index (χ0v) is 15.9. The molecule has 0 saturated carbocycles. The van der Waals surface area contributed by atoms with E-state index in [0.717, 1.165) is 11.1 Å². The lowest BCUT2D eigenvalue weighted by Gasteiger charge is -2.27. The molecule has 0 N–H and O–H groups in total. The molecule has 5 heteroatoms. The average Bonchev–Trinajstić information content (AvgIpc) is 3.36. The van der Waals surface area contributed by atoms with E-state index in [4.69, 9.17) is 13.8 Å². The van der Waals surface area contributed by atoms with Gasteiger partial charge >= 0.3 is 7.60 Å². The summed E-state index contributed by atoms with van der Waals surface area (Å²) in [7, 11) is -3.49. The second-order valence-corrected chi connectivity index (χ2v) is 8.22. The van der Waals surface area contributed by atoms with Gasteiger partial charge in [-0.3, -0.25) is 4.57 Å². The molecule has 0 amide bonds. The zero-order chi connectivity index (χ0) is 18.0. The van der Waals surface area contributed by atoms with Crippen molar-refractivity contribution in [3.05, 3.63) is 71.8 Å². The van der Waals surface area contributed by atoms with Crippen molar-refractivity contribution >= 4 is 7.60 Å². The van der Waals surface area contributed by atoms with Gasteiger partial charge in [-0.1, -0.05) is 67.6 Å². The highest BCUT2D eigenvalue weighted by Crippen LogP contribution is 2.80. The average molecular weight is 360 g/mol. The number of epoxide rings is 1. The summed E-state index contributed by atoms with van der Waals surface area (Å²) in [6, 6.07) is 19.8. The number of ether oxygens (including phenoxy) is 1. The third-order valence-electron chi connectivity index (χ3n) is 4.71. The van der Waals surface area contributed by atoms with Crippen molar-refractivity contribution < 1.29 is 18.3 Å². The van der Waals surface area contributed by atoms with Gasteiger partial charge in [0.05, 0.1) is 13.2 Å². The van der Waals surface area contributed by atoms with Gasteiger partial charge in [-0.2, -0.15) is 0 Å². The number of benzene rings is 2. The quantitative estimate of drug-likeness (QED) is 0.471. The maximum absolute atomic E-state index is 13.7. The first-order valence-corrected chi connectivity index (χ1v) is 10.3. The summed E-state index contributed by atoms with van der Waals surface area (Å²) in [4.78, 5) is 0. The minimum atomic E-state index is -3.49. The molecule has 1 fully saturated rings. The Hall–Kier alpha value is -1.45. The highest BCUT2D eigenvalue weighted by Gasteiger charge is 2.80. The van der Waals surface area contributed by atoms with Gasteiger partial charge in [-0.05, 0) is 31.4 Å². The Kier molecular flexibility index (Phi) is 5.17. The highest BCUT2D eigenvalue weighted by molar-refractivity contribution is 7.55.